The number of carbonyl (C=O) groups is 2. The van der Waals surface area contributed by atoms with Crippen LogP contribution in [0.2, 0.25) is 0 Å². The summed E-state index contributed by atoms with van der Waals surface area (Å²) >= 11 is 0. The van der Waals surface area contributed by atoms with E-state index in [0.717, 1.165) is 5.56 Å². The van der Waals surface area contributed by atoms with Crippen LogP contribution in [0, 0.1) is 24.0 Å². The highest BCUT2D eigenvalue weighted by Gasteiger charge is 2.20. The monoisotopic (exact) mass is 342 g/mol. The molecule has 0 radical (unpaired) electrons. The highest BCUT2D eigenvalue weighted by atomic mass is 16.6. The lowest BCUT2D eigenvalue weighted by Gasteiger charge is -2.12. The number of anilines is 1. The van der Waals surface area contributed by atoms with Crippen molar-refractivity contribution in [1.29, 1.82) is 0 Å². The molecule has 0 bridgehead atoms. The normalized spacial score (nSPS) is 10.2. The topological polar surface area (TPSA) is 98.5 Å². The second kappa shape index (κ2) is 7.57. The first-order valence-electron chi connectivity index (χ1n) is 7.58. The molecule has 0 heterocycles. The Morgan fingerprint density at radius 1 is 1.16 bits per heavy atom. The average Bonchev–Trinajstić information content (AvgIpc) is 2.57. The minimum atomic E-state index is -0.548. The summed E-state index contributed by atoms with van der Waals surface area (Å²) in [5, 5.41) is 13.7. The van der Waals surface area contributed by atoms with Gasteiger partial charge in [-0.25, -0.2) is 0 Å². The number of hydrogen-bond acceptors (Lipinski definition) is 5. The number of rotatable bonds is 6. The zero-order valence-electron chi connectivity index (χ0n) is 14.2. The number of nitrogens with one attached hydrogen (secondary N) is 1. The molecule has 0 fully saturated rings. The van der Waals surface area contributed by atoms with Crippen LogP contribution < -0.4 is 10.1 Å². The van der Waals surface area contributed by atoms with Gasteiger partial charge in [-0.3, -0.25) is 19.7 Å². The van der Waals surface area contributed by atoms with Gasteiger partial charge in [0.15, 0.2) is 12.4 Å². The van der Waals surface area contributed by atoms with E-state index >= 15 is 0 Å². The van der Waals surface area contributed by atoms with Gasteiger partial charge in [0.1, 0.15) is 11.4 Å². The molecule has 1 N–H and O–H groups in total. The van der Waals surface area contributed by atoms with E-state index in [4.69, 9.17) is 4.74 Å². The van der Waals surface area contributed by atoms with Crippen LogP contribution in [-0.2, 0) is 4.79 Å². The molecule has 0 aliphatic heterocycles. The van der Waals surface area contributed by atoms with Gasteiger partial charge in [0, 0.05) is 6.07 Å². The summed E-state index contributed by atoms with van der Waals surface area (Å²) < 4.78 is 5.40. The minimum absolute atomic E-state index is 0.151. The number of benzene rings is 2. The highest BCUT2D eigenvalue weighted by Crippen LogP contribution is 2.30. The summed E-state index contributed by atoms with van der Waals surface area (Å²) in [6, 6.07) is 9.56. The Balaban J connectivity index is 2.16. The molecule has 7 heteroatoms. The quantitative estimate of drug-likeness (QED) is 0.492. The first-order chi connectivity index (χ1) is 11.8. The van der Waals surface area contributed by atoms with Crippen molar-refractivity contribution in [1.82, 2.24) is 0 Å². The fraction of sp³-hybridized carbons (Fsp3) is 0.222. The largest absolute Gasteiger partial charge is 0.483 e. The molecule has 0 spiro atoms. The van der Waals surface area contributed by atoms with Crippen molar-refractivity contribution < 1.29 is 19.2 Å². The van der Waals surface area contributed by atoms with Crippen molar-refractivity contribution in [3.05, 3.63) is 63.2 Å². The Bertz CT molecular complexity index is 845. The number of Topliss-reactive ketones (excluding diaryl/α,β-unsaturated/α-hetero) is 1. The Labute approximate surface area is 144 Å². The number of nitrogens with zero attached hydrogens (tertiary/aromatic N) is 1. The third kappa shape index (κ3) is 4.20. The predicted molar refractivity (Wildman–Crippen MR) is 93.1 cm³/mol. The summed E-state index contributed by atoms with van der Waals surface area (Å²) in [5.41, 5.74) is 1.78. The molecule has 0 unspecified atom stereocenters. The maximum Gasteiger partial charge on any atom is 0.293 e. The molecule has 0 saturated carbocycles. The lowest BCUT2D eigenvalue weighted by atomic mass is 10.1. The van der Waals surface area contributed by atoms with Gasteiger partial charge in [-0.1, -0.05) is 18.2 Å². The van der Waals surface area contributed by atoms with Crippen LogP contribution in [0.4, 0.5) is 11.4 Å². The Kier molecular flexibility index (Phi) is 5.49. The predicted octanol–water partition coefficient (Wildman–Crippen LogP) is 3.43. The molecule has 0 aliphatic carbocycles. The van der Waals surface area contributed by atoms with Crippen molar-refractivity contribution >= 4 is 23.1 Å². The molecule has 2 aromatic rings. The number of nitro benzene ring substituents is 1. The van der Waals surface area contributed by atoms with Gasteiger partial charge in [-0.2, -0.15) is 0 Å². The number of aryl methyl sites for hydroxylation is 1. The van der Waals surface area contributed by atoms with E-state index in [-0.39, 0.29) is 23.8 Å². The summed E-state index contributed by atoms with van der Waals surface area (Å²) in [6.45, 7) is 4.54. The number of amides is 1. The van der Waals surface area contributed by atoms with Crippen LogP contribution in [0.15, 0.2) is 36.4 Å². The number of hydrogen-bond donors (Lipinski definition) is 1. The number of nitro groups is 1. The van der Waals surface area contributed by atoms with Crippen molar-refractivity contribution in [3.63, 3.8) is 0 Å². The molecule has 0 aromatic heterocycles. The Morgan fingerprint density at radius 2 is 1.84 bits per heavy atom. The SMILES string of the molecule is CC(=O)c1ccccc1OCC(=O)Nc1c([N+](=O)[O-])ccc(C)c1C. The van der Waals surface area contributed by atoms with E-state index < -0.39 is 10.8 Å². The van der Waals surface area contributed by atoms with Gasteiger partial charge in [0.05, 0.1) is 10.5 Å². The lowest BCUT2D eigenvalue weighted by molar-refractivity contribution is -0.384. The first kappa shape index (κ1) is 18.1. The number of carbonyl (C=O) groups excluding carboxylic acids is 2. The zero-order valence-corrected chi connectivity index (χ0v) is 14.2. The van der Waals surface area contributed by atoms with Crippen LogP contribution in [0.5, 0.6) is 5.75 Å². The van der Waals surface area contributed by atoms with E-state index in [2.05, 4.69) is 5.32 Å². The standard InChI is InChI=1S/C18H18N2O5/c1-11-8-9-15(20(23)24)18(12(11)2)19-17(22)10-25-16-7-5-4-6-14(16)13(3)21/h4-9H,10H2,1-3H3,(H,19,22). The smallest absolute Gasteiger partial charge is 0.293 e. The van der Waals surface area contributed by atoms with E-state index in [9.17, 15) is 19.7 Å². The lowest BCUT2D eigenvalue weighted by Crippen LogP contribution is -2.22. The third-order valence-electron chi connectivity index (χ3n) is 3.80. The van der Waals surface area contributed by atoms with Gasteiger partial charge in [0.2, 0.25) is 0 Å². The number of para-hydroxylation sites is 1. The van der Waals surface area contributed by atoms with Crippen LogP contribution >= 0.6 is 0 Å². The first-order valence-corrected chi connectivity index (χ1v) is 7.58. The van der Waals surface area contributed by atoms with Crippen LogP contribution in [-0.4, -0.2) is 23.2 Å². The van der Waals surface area contributed by atoms with Crippen molar-refractivity contribution in [2.45, 2.75) is 20.8 Å². The molecule has 130 valence electrons. The van der Waals surface area contributed by atoms with Gasteiger partial charge >= 0.3 is 0 Å². The Hall–Kier alpha value is -3.22. The second-order valence-electron chi connectivity index (χ2n) is 5.55. The molecule has 0 saturated heterocycles. The molecular weight excluding hydrogens is 324 g/mol. The molecule has 2 aromatic carbocycles. The second-order valence-corrected chi connectivity index (χ2v) is 5.55. The molecular formula is C18H18N2O5. The van der Waals surface area contributed by atoms with Crippen LogP contribution in [0.3, 0.4) is 0 Å². The van der Waals surface area contributed by atoms with E-state index in [1.807, 2.05) is 0 Å². The average molecular weight is 342 g/mol. The maximum atomic E-state index is 12.2. The van der Waals surface area contributed by atoms with Gasteiger partial charge < -0.3 is 10.1 Å². The summed E-state index contributed by atoms with van der Waals surface area (Å²) in [4.78, 5) is 34.3. The Morgan fingerprint density at radius 3 is 2.48 bits per heavy atom. The number of ether oxygens (including phenoxy) is 1. The summed E-state index contributed by atoms with van der Waals surface area (Å²) in [7, 11) is 0. The molecule has 25 heavy (non-hydrogen) atoms. The van der Waals surface area contributed by atoms with E-state index in [0.29, 0.717) is 16.9 Å². The van der Waals surface area contributed by atoms with Crippen molar-refractivity contribution in [2.75, 3.05) is 11.9 Å². The molecule has 2 rings (SSSR count). The zero-order chi connectivity index (χ0) is 18.6. The third-order valence-corrected chi connectivity index (χ3v) is 3.80. The molecule has 7 nitrogen and oxygen atoms in total. The molecule has 0 aliphatic rings. The highest BCUT2D eigenvalue weighted by molar-refractivity contribution is 5.97. The van der Waals surface area contributed by atoms with E-state index in [1.165, 1.54) is 13.0 Å². The van der Waals surface area contributed by atoms with Gasteiger partial charge in [0.25, 0.3) is 11.6 Å². The fourth-order valence-corrected chi connectivity index (χ4v) is 2.31. The number of ketones is 1. The van der Waals surface area contributed by atoms with Crippen LogP contribution in [0.1, 0.15) is 28.4 Å². The summed E-state index contributed by atoms with van der Waals surface area (Å²) in [6.07, 6.45) is 0. The maximum absolute atomic E-state index is 12.2. The van der Waals surface area contributed by atoms with Crippen molar-refractivity contribution in [3.8, 4) is 5.75 Å². The van der Waals surface area contributed by atoms with Crippen molar-refractivity contribution in [2.24, 2.45) is 0 Å². The summed E-state index contributed by atoms with van der Waals surface area (Å²) in [5.74, 6) is -0.433. The van der Waals surface area contributed by atoms with Gasteiger partial charge in [-0.05, 0) is 44.0 Å². The minimum Gasteiger partial charge on any atom is -0.483 e. The fourth-order valence-electron chi connectivity index (χ4n) is 2.31. The van der Waals surface area contributed by atoms with Crippen LogP contribution in [0.25, 0.3) is 0 Å². The molecule has 0 atom stereocenters. The molecule has 1 amide bonds. The van der Waals surface area contributed by atoms with E-state index in [1.54, 1.807) is 44.2 Å². The van der Waals surface area contributed by atoms with Gasteiger partial charge in [-0.15, -0.1) is 0 Å².